The smallest absolute Gasteiger partial charge is 0.294 e. The van der Waals surface area contributed by atoms with Crippen molar-refractivity contribution in [1.82, 2.24) is 0 Å². The number of aryl methyl sites for hydroxylation is 1. The van der Waals surface area contributed by atoms with Gasteiger partial charge in [0.15, 0.2) is 5.78 Å². The second-order valence-electron chi connectivity index (χ2n) is 5.45. The maximum Gasteiger partial charge on any atom is 0.304 e. The summed E-state index contributed by atoms with van der Waals surface area (Å²) in [5, 5.41) is 0. The molecule has 114 valence electrons. The molecule has 3 rings (SSSR count). The van der Waals surface area contributed by atoms with Gasteiger partial charge in [-0.3, -0.25) is 19.3 Å². The Kier molecular flexibility index (Phi) is 3.66. The third-order valence-corrected chi connectivity index (χ3v) is 3.78. The number of carbonyl (C=O) groups excluding carboxylic acids is 3. The first kappa shape index (κ1) is 14.9. The van der Waals surface area contributed by atoms with Crippen molar-refractivity contribution in [2.45, 2.75) is 13.8 Å². The Bertz CT molecular complexity index is 833. The molecule has 0 unspecified atom stereocenters. The van der Waals surface area contributed by atoms with Gasteiger partial charge in [0.2, 0.25) is 0 Å². The first-order valence-corrected chi connectivity index (χ1v) is 7.27. The van der Waals surface area contributed by atoms with E-state index in [2.05, 4.69) is 0 Å². The Morgan fingerprint density at radius 2 is 1.52 bits per heavy atom. The predicted molar refractivity (Wildman–Crippen MR) is 87.7 cm³/mol. The molecule has 4 heteroatoms. The van der Waals surface area contributed by atoms with Crippen LogP contribution in [0.3, 0.4) is 0 Å². The lowest BCUT2D eigenvalue weighted by atomic mass is 10.0. The number of ketones is 2. The Hall–Kier alpha value is -3.01. The van der Waals surface area contributed by atoms with Crippen LogP contribution in [0.5, 0.6) is 0 Å². The minimum atomic E-state index is -0.753. The van der Waals surface area contributed by atoms with E-state index in [-0.39, 0.29) is 5.57 Å². The summed E-state index contributed by atoms with van der Waals surface area (Å²) in [5.41, 5.74) is 2.60. The van der Waals surface area contributed by atoms with Crippen LogP contribution in [0.25, 0.3) is 5.70 Å². The molecule has 0 aromatic heterocycles. The zero-order valence-corrected chi connectivity index (χ0v) is 12.9. The first-order valence-electron chi connectivity index (χ1n) is 7.27. The molecule has 0 atom stereocenters. The maximum absolute atomic E-state index is 12.5. The highest BCUT2D eigenvalue weighted by atomic mass is 16.2. The van der Waals surface area contributed by atoms with Gasteiger partial charge in [-0.2, -0.15) is 0 Å². The summed E-state index contributed by atoms with van der Waals surface area (Å²) in [6.45, 7) is 3.26. The second-order valence-corrected chi connectivity index (χ2v) is 5.45. The molecule has 1 aliphatic rings. The average molecular weight is 305 g/mol. The lowest BCUT2D eigenvalue weighted by molar-refractivity contribution is -0.133. The van der Waals surface area contributed by atoms with Gasteiger partial charge in [0.05, 0.1) is 11.3 Å². The van der Waals surface area contributed by atoms with Crippen molar-refractivity contribution in [2.24, 2.45) is 0 Å². The van der Waals surface area contributed by atoms with Crippen LogP contribution in [-0.4, -0.2) is 17.5 Å². The summed E-state index contributed by atoms with van der Waals surface area (Å²) < 4.78 is 0. The minimum Gasteiger partial charge on any atom is -0.294 e. The number of carbonyl (C=O) groups is 3. The number of benzene rings is 2. The number of Topliss-reactive ketones (excluding diaryl/α,β-unsaturated/α-hetero) is 2. The third kappa shape index (κ3) is 2.48. The number of hydrogen-bond acceptors (Lipinski definition) is 3. The summed E-state index contributed by atoms with van der Waals surface area (Å²) in [6, 6.07) is 16.3. The zero-order chi connectivity index (χ0) is 16.6. The quantitative estimate of drug-likeness (QED) is 0.647. The molecule has 1 aliphatic heterocycles. The van der Waals surface area contributed by atoms with E-state index >= 15 is 0 Å². The third-order valence-electron chi connectivity index (χ3n) is 3.78. The first-order chi connectivity index (χ1) is 11.0. The second kappa shape index (κ2) is 5.65. The van der Waals surface area contributed by atoms with Crippen molar-refractivity contribution >= 4 is 28.9 Å². The van der Waals surface area contributed by atoms with Gasteiger partial charge in [0.25, 0.3) is 5.78 Å². The fourth-order valence-electron chi connectivity index (χ4n) is 2.66. The van der Waals surface area contributed by atoms with Crippen LogP contribution in [0.4, 0.5) is 5.69 Å². The van der Waals surface area contributed by atoms with Crippen LogP contribution in [0.2, 0.25) is 0 Å². The Labute approximate surface area is 134 Å². The van der Waals surface area contributed by atoms with Gasteiger partial charge >= 0.3 is 5.91 Å². The van der Waals surface area contributed by atoms with Crippen molar-refractivity contribution in [3.8, 4) is 0 Å². The van der Waals surface area contributed by atoms with Crippen LogP contribution in [0.15, 0.2) is 60.2 Å². The van der Waals surface area contributed by atoms with Crippen molar-refractivity contribution in [3.63, 3.8) is 0 Å². The summed E-state index contributed by atoms with van der Waals surface area (Å²) in [4.78, 5) is 38.1. The van der Waals surface area contributed by atoms with Crippen LogP contribution < -0.4 is 4.90 Å². The summed E-state index contributed by atoms with van der Waals surface area (Å²) in [6.07, 6.45) is 0. The van der Waals surface area contributed by atoms with Crippen molar-refractivity contribution in [2.75, 3.05) is 4.90 Å². The zero-order valence-electron chi connectivity index (χ0n) is 12.9. The molecule has 2 aromatic rings. The van der Waals surface area contributed by atoms with Gasteiger partial charge in [0, 0.05) is 5.69 Å². The monoisotopic (exact) mass is 305 g/mol. The molecular formula is C19H15NO3. The molecule has 0 bridgehead atoms. The molecule has 2 aromatic carbocycles. The largest absolute Gasteiger partial charge is 0.304 e. The molecule has 23 heavy (non-hydrogen) atoms. The molecule has 0 radical (unpaired) electrons. The molecule has 0 spiro atoms. The summed E-state index contributed by atoms with van der Waals surface area (Å²) in [7, 11) is 0. The fourth-order valence-corrected chi connectivity index (χ4v) is 2.66. The number of hydrogen-bond donors (Lipinski definition) is 0. The van der Waals surface area contributed by atoms with E-state index in [1.165, 1.54) is 11.8 Å². The molecule has 0 aliphatic carbocycles. The number of rotatable bonds is 3. The van der Waals surface area contributed by atoms with Crippen LogP contribution >= 0.6 is 0 Å². The normalized spacial score (nSPS) is 14.6. The Morgan fingerprint density at radius 1 is 0.913 bits per heavy atom. The fraction of sp³-hybridized carbons (Fsp3) is 0.105. The summed E-state index contributed by atoms with van der Waals surface area (Å²) in [5.74, 6) is -1.86. The standard InChI is InChI=1S/C19H15NO3/c1-12-8-10-14(11-9-12)17-16(13(2)21)18(22)19(23)20(17)15-6-4-3-5-7-15/h3-11H,1-2H3. The van der Waals surface area contributed by atoms with Gasteiger partial charge in [-0.05, 0) is 31.5 Å². The predicted octanol–water partition coefficient (Wildman–Crippen LogP) is 2.91. The number of amides is 1. The molecule has 1 heterocycles. The van der Waals surface area contributed by atoms with Crippen LogP contribution in [0.1, 0.15) is 18.1 Å². The maximum atomic E-state index is 12.5. The number of para-hydroxylation sites is 1. The van der Waals surface area contributed by atoms with Crippen LogP contribution in [0, 0.1) is 6.92 Å². The van der Waals surface area contributed by atoms with Crippen molar-refractivity contribution in [1.29, 1.82) is 0 Å². The van der Waals surface area contributed by atoms with Gasteiger partial charge in [0.1, 0.15) is 0 Å². The lowest BCUT2D eigenvalue weighted by Gasteiger charge is -2.20. The molecule has 4 nitrogen and oxygen atoms in total. The highest BCUT2D eigenvalue weighted by molar-refractivity contribution is 6.60. The van der Waals surface area contributed by atoms with Gasteiger partial charge < -0.3 is 0 Å². The van der Waals surface area contributed by atoms with Crippen LogP contribution in [-0.2, 0) is 14.4 Å². The Balaban J connectivity index is 2.25. The van der Waals surface area contributed by atoms with E-state index in [1.807, 2.05) is 37.3 Å². The Morgan fingerprint density at radius 3 is 2.09 bits per heavy atom. The highest BCUT2D eigenvalue weighted by Gasteiger charge is 2.41. The average Bonchev–Trinajstić information content (AvgIpc) is 2.81. The van der Waals surface area contributed by atoms with E-state index in [0.29, 0.717) is 16.9 Å². The highest BCUT2D eigenvalue weighted by Crippen LogP contribution is 2.35. The molecule has 1 amide bonds. The van der Waals surface area contributed by atoms with E-state index in [9.17, 15) is 14.4 Å². The molecule has 0 saturated heterocycles. The number of nitrogens with zero attached hydrogens (tertiary/aromatic N) is 1. The van der Waals surface area contributed by atoms with E-state index in [0.717, 1.165) is 5.56 Å². The van der Waals surface area contributed by atoms with Crippen molar-refractivity contribution in [3.05, 3.63) is 71.3 Å². The molecule has 0 saturated carbocycles. The SMILES string of the molecule is CC(=O)C1=C(c2ccc(C)cc2)N(c2ccccc2)C(=O)C1=O. The molecule has 0 N–H and O–H groups in total. The van der Waals surface area contributed by atoms with Gasteiger partial charge in [-0.25, -0.2) is 0 Å². The number of anilines is 1. The van der Waals surface area contributed by atoms with E-state index < -0.39 is 17.5 Å². The topological polar surface area (TPSA) is 54.5 Å². The van der Waals surface area contributed by atoms with E-state index in [1.54, 1.807) is 24.3 Å². The molecular weight excluding hydrogens is 290 g/mol. The lowest BCUT2D eigenvalue weighted by Crippen LogP contribution is -2.28. The van der Waals surface area contributed by atoms with Gasteiger partial charge in [-0.15, -0.1) is 0 Å². The molecule has 0 fully saturated rings. The minimum absolute atomic E-state index is 0.0530. The summed E-state index contributed by atoms with van der Waals surface area (Å²) >= 11 is 0. The van der Waals surface area contributed by atoms with E-state index in [4.69, 9.17) is 0 Å². The van der Waals surface area contributed by atoms with Gasteiger partial charge in [-0.1, -0.05) is 48.0 Å². The van der Waals surface area contributed by atoms with Crippen molar-refractivity contribution < 1.29 is 14.4 Å².